The molecule has 0 unspecified atom stereocenters. The van der Waals surface area contributed by atoms with E-state index in [9.17, 15) is 9.18 Å². The molecule has 3 aromatic carbocycles. The molecule has 4 nitrogen and oxygen atoms in total. The summed E-state index contributed by atoms with van der Waals surface area (Å²) in [5.74, 6) is 0.00743. The van der Waals surface area contributed by atoms with Crippen LogP contribution in [-0.2, 0) is 0 Å². The summed E-state index contributed by atoms with van der Waals surface area (Å²) in [6.45, 7) is 0. The molecule has 0 aliphatic heterocycles. The molecule has 4 aromatic rings. The van der Waals surface area contributed by atoms with E-state index >= 15 is 0 Å². The number of benzene rings is 3. The summed E-state index contributed by atoms with van der Waals surface area (Å²) < 4.78 is 13.7. The van der Waals surface area contributed by atoms with Crippen molar-refractivity contribution in [2.75, 3.05) is 5.32 Å². The van der Waals surface area contributed by atoms with E-state index in [0.29, 0.717) is 33.8 Å². The van der Waals surface area contributed by atoms with Gasteiger partial charge in [-0.15, -0.1) is 0 Å². The Hall–Kier alpha value is -3.47. The summed E-state index contributed by atoms with van der Waals surface area (Å²) in [7, 11) is 0. The number of carbonyl (C=O) groups is 1. The third-order valence-electron chi connectivity index (χ3n) is 3.91. The Bertz CT molecular complexity index is 1060. The summed E-state index contributed by atoms with van der Waals surface area (Å²) in [5, 5.41) is 2.92. The highest BCUT2D eigenvalue weighted by molar-refractivity contribution is 6.10. The summed E-state index contributed by atoms with van der Waals surface area (Å²) >= 11 is 0. The van der Waals surface area contributed by atoms with Gasteiger partial charge >= 0.3 is 0 Å². The Kier molecular flexibility index (Phi) is 3.74. The van der Waals surface area contributed by atoms with Crippen LogP contribution in [0, 0.1) is 5.82 Å². The molecule has 0 fully saturated rings. The fraction of sp³-hybridized carbons (Fsp3) is 0. The van der Waals surface area contributed by atoms with Gasteiger partial charge in [-0.05, 0) is 30.3 Å². The highest BCUT2D eigenvalue weighted by atomic mass is 19.1. The van der Waals surface area contributed by atoms with Crippen LogP contribution >= 0.6 is 0 Å². The second-order valence-electron chi connectivity index (χ2n) is 5.62. The molecule has 4 rings (SSSR count). The monoisotopic (exact) mass is 331 g/mol. The van der Waals surface area contributed by atoms with Gasteiger partial charge in [0.25, 0.3) is 0 Å². The number of carbonyl (C=O) groups excluding carboxylic acids is 1. The third-order valence-corrected chi connectivity index (χ3v) is 3.91. The van der Waals surface area contributed by atoms with Crippen molar-refractivity contribution in [3.05, 3.63) is 89.7 Å². The third kappa shape index (κ3) is 2.99. The predicted octanol–water partition coefficient (Wildman–Crippen LogP) is 4.68. The molecule has 122 valence electrons. The Balaban J connectivity index is 1.66. The SMILES string of the molecule is O=C(c1ccccc1)c1ccc2nc(Nc3ccccc3F)[nH]c2c1. The molecule has 0 radical (unpaired) electrons. The highest BCUT2D eigenvalue weighted by Crippen LogP contribution is 2.22. The van der Waals surface area contributed by atoms with Gasteiger partial charge in [-0.1, -0.05) is 42.5 Å². The summed E-state index contributed by atoms with van der Waals surface area (Å²) in [6.07, 6.45) is 0. The number of rotatable bonds is 4. The summed E-state index contributed by atoms with van der Waals surface area (Å²) in [5.41, 5.74) is 2.94. The van der Waals surface area contributed by atoms with E-state index in [-0.39, 0.29) is 11.6 Å². The van der Waals surface area contributed by atoms with E-state index in [4.69, 9.17) is 0 Å². The number of H-pyrrole nitrogens is 1. The molecule has 0 amide bonds. The molecule has 25 heavy (non-hydrogen) atoms. The van der Waals surface area contributed by atoms with Gasteiger partial charge in [-0.25, -0.2) is 9.37 Å². The van der Waals surface area contributed by atoms with Crippen LogP contribution in [0.1, 0.15) is 15.9 Å². The van der Waals surface area contributed by atoms with E-state index < -0.39 is 0 Å². The molecule has 0 saturated heterocycles. The lowest BCUT2D eigenvalue weighted by Crippen LogP contribution is -2.00. The average Bonchev–Trinajstić information content (AvgIpc) is 3.05. The lowest BCUT2D eigenvalue weighted by Gasteiger charge is -2.02. The van der Waals surface area contributed by atoms with Gasteiger partial charge in [0, 0.05) is 11.1 Å². The molecular formula is C20H14FN3O. The predicted molar refractivity (Wildman–Crippen MR) is 95.7 cm³/mol. The average molecular weight is 331 g/mol. The first kappa shape index (κ1) is 15.1. The molecule has 2 N–H and O–H groups in total. The van der Waals surface area contributed by atoms with Crippen molar-refractivity contribution >= 4 is 28.5 Å². The second-order valence-corrected chi connectivity index (χ2v) is 5.62. The number of aromatic amines is 1. The van der Waals surface area contributed by atoms with Gasteiger partial charge in [0.2, 0.25) is 5.95 Å². The highest BCUT2D eigenvalue weighted by Gasteiger charge is 2.11. The molecule has 0 atom stereocenters. The molecule has 0 aliphatic rings. The fourth-order valence-electron chi connectivity index (χ4n) is 2.66. The first-order chi connectivity index (χ1) is 12.2. The van der Waals surface area contributed by atoms with Gasteiger partial charge in [0.05, 0.1) is 16.7 Å². The van der Waals surface area contributed by atoms with E-state index in [1.165, 1.54) is 6.07 Å². The molecule has 1 heterocycles. The Morgan fingerprint density at radius 3 is 2.48 bits per heavy atom. The maximum absolute atomic E-state index is 13.7. The zero-order valence-electron chi connectivity index (χ0n) is 13.2. The minimum atomic E-state index is -0.358. The normalized spacial score (nSPS) is 10.8. The van der Waals surface area contributed by atoms with Crippen molar-refractivity contribution in [3.63, 3.8) is 0 Å². The first-order valence-electron chi connectivity index (χ1n) is 7.82. The number of nitrogens with one attached hydrogen (secondary N) is 2. The van der Waals surface area contributed by atoms with E-state index in [0.717, 1.165) is 0 Å². The number of imidazole rings is 1. The first-order valence-corrected chi connectivity index (χ1v) is 7.82. The van der Waals surface area contributed by atoms with Crippen LogP contribution in [0.3, 0.4) is 0 Å². The molecule has 1 aromatic heterocycles. The van der Waals surface area contributed by atoms with Crippen LogP contribution < -0.4 is 5.32 Å². The maximum atomic E-state index is 13.7. The van der Waals surface area contributed by atoms with Crippen molar-refractivity contribution in [2.45, 2.75) is 0 Å². The van der Waals surface area contributed by atoms with Gasteiger partial charge in [0.1, 0.15) is 5.82 Å². The van der Waals surface area contributed by atoms with E-state index in [2.05, 4.69) is 15.3 Å². The largest absolute Gasteiger partial charge is 0.324 e. The Morgan fingerprint density at radius 2 is 1.68 bits per heavy atom. The summed E-state index contributed by atoms with van der Waals surface area (Å²) in [4.78, 5) is 20.0. The molecule has 0 bridgehead atoms. The van der Waals surface area contributed by atoms with Crippen LogP contribution in [-0.4, -0.2) is 15.8 Å². The number of nitrogens with zero attached hydrogens (tertiary/aromatic N) is 1. The lowest BCUT2D eigenvalue weighted by molar-refractivity contribution is 0.103. The standard InChI is InChI=1S/C20H14FN3O/c21-15-8-4-5-9-16(15)22-20-23-17-11-10-14(12-18(17)24-20)19(25)13-6-2-1-3-7-13/h1-12H,(H2,22,23,24). The number of hydrogen-bond donors (Lipinski definition) is 2. The Morgan fingerprint density at radius 1 is 0.920 bits per heavy atom. The van der Waals surface area contributed by atoms with Crippen LogP contribution in [0.5, 0.6) is 0 Å². The minimum Gasteiger partial charge on any atom is -0.324 e. The van der Waals surface area contributed by atoms with E-state index in [1.807, 2.05) is 18.2 Å². The van der Waals surface area contributed by atoms with Gasteiger partial charge < -0.3 is 10.3 Å². The number of para-hydroxylation sites is 1. The number of halogens is 1. The van der Waals surface area contributed by atoms with Crippen LogP contribution in [0.25, 0.3) is 11.0 Å². The smallest absolute Gasteiger partial charge is 0.205 e. The topological polar surface area (TPSA) is 57.8 Å². The maximum Gasteiger partial charge on any atom is 0.205 e. The second kappa shape index (κ2) is 6.20. The number of aromatic nitrogens is 2. The van der Waals surface area contributed by atoms with Crippen molar-refractivity contribution in [2.24, 2.45) is 0 Å². The molecule has 5 heteroatoms. The van der Waals surface area contributed by atoms with Crippen molar-refractivity contribution in [1.29, 1.82) is 0 Å². The van der Waals surface area contributed by atoms with Gasteiger partial charge in [-0.3, -0.25) is 4.79 Å². The number of ketones is 1. The number of fused-ring (bicyclic) bond motifs is 1. The summed E-state index contributed by atoms with van der Waals surface area (Å²) in [6, 6.07) is 20.7. The quantitative estimate of drug-likeness (QED) is 0.534. The zero-order valence-corrected chi connectivity index (χ0v) is 13.2. The zero-order chi connectivity index (χ0) is 17.2. The molecule has 0 saturated carbocycles. The number of anilines is 2. The van der Waals surface area contributed by atoms with Crippen molar-refractivity contribution in [1.82, 2.24) is 9.97 Å². The number of hydrogen-bond acceptors (Lipinski definition) is 3. The van der Waals surface area contributed by atoms with Crippen molar-refractivity contribution < 1.29 is 9.18 Å². The van der Waals surface area contributed by atoms with Gasteiger partial charge in [0.15, 0.2) is 5.78 Å². The fourth-order valence-corrected chi connectivity index (χ4v) is 2.66. The molecular weight excluding hydrogens is 317 g/mol. The lowest BCUT2D eigenvalue weighted by atomic mass is 10.0. The van der Waals surface area contributed by atoms with Gasteiger partial charge in [-0.2, -0.15) is 0 Å². The minimum absolute atomic E-state index is 0.0549. The van der Waals surface area contributed by atoms with Crippen LogP contribution in [0.4, 0.5) is 16.0 Å². The van der Waals surface area contributed by atoms with Crippen LogP contribution in [0.2, 0.25) is 0 Å². The van der Waals surface area contributed by atoms with E-state index in [1.54, 1.807) is 48.5 Å². The van der Waals surface area contributed by atoms with Crippen molar-refractivity contribution in [3.8, 4) is 0 Å². The molecule has 0 aliphatic carbocycles. The Labute approximate surface area is 143 Å². The molecule has 0 spiro atoms. The van der Waals surface area contributed by atoms with Crippen LogP contribution in [0.15, 0.2) is 72.8 Å².